The van der Waals surface area contributed by atoms with Crippen LogP contribution in [0.2, 0.25) is 0 Å². The van der Waals surface area contributed by atoms with E-state index in [-0.39, 0.29) is 12.5 Å². The van der Waals surface area contributed by atoms with Crippen LogP contribution in [0.25, 0.3) is 0 Å². The van der Waals surface area contributed by atoms with Crippen molar-refractivity contribution in [1.82, 2.24) is 5.32 Å². The van der Waals surface area contributed by atoms with Gasteiger partial charge in [-0.15, -0.1) is 0 Å². The van der Waals surface area contributed by atoms with E-state index in [1.54, 1.807) is 13.0 Å². The molecule has 0 saturated carbocycles. The Balaban J connectivity index is 3.86. The first kappa shape index (κ1) is 24.9. The maximum atomic E-state index is 11.6. The van der Waals surface area contributed by atoms with Gasteiger partial charge in [0, 0.05) is 12.6 Å². The van der Waals surface area contributed by atoms with Crippen molar-refractivity contribution in [2.45, 2.75) is 64.9 Å². The number of hydrogen-bond acceptors (Lipinski definition) is 2. The zero-order valence-corrected chi connectivity index (χ0v) is 17.2. The molecule has 0 radical (unpaired) electrons. The lowest BCUT2D eigenvalue weighted by atomic mass is 10.0. The molecule has 3 heteroatoms. The molecule has 0 bridgehead atoms. The number of aliphatic hydroxyl groups is 1. The number of rotatable bonds is 14. The van der Waals surface area contributed by atoms with E-state index in [0.29, 0.717) is 6.42 Å². The fraction of sp³-hybridized carbons (Fsp3) is 0.458. The molecule has 0 aromatic heterocycles. The summed E-state index contributed by atoms with van der Waals surface area (Å²) in [5.74, 6) is -0.192. The third-order valence-corrected chi connectivity index (χ3v) is 3.71. The zero-order chi connectivity index (χ0) is 20.2. The van der Waals surface area contributed by atoms with Gasteiger partial charge >= 0.3 is 0 Å². The summed E-state index contributed by atoms with van der Waals surface area (Å²) in [5, 5.41) is 12.7. The van der Waals surface area contributed by atoms with E-state index in [1.807, 2.05) is 31.2 Å². The Hall–Kier alpha value is -2.13. The summed E-state index contributed by atoms with van der Waals surface area (Å²) < 4.78 is 0. The molecule has 0 rings (SSSR count). The first-order valence-electron chi connectivity index (χ1n) is 10.00. The quantitative estimate of drug-likeness (QED) is 0.238. The molecule has 2 N–H and O–H groups in total. The molecule has 1 unspecified atom stereocenters. The van der Waals surface area contributed by atoms with Gasteiger partial charge in [-0.1, -0.05) is 93.5 Å². The molecule has 0 aliphatic heterocycles. The van der Waals surface area contributed by atoms with E-state index in [9.17, 15) is 9.90 Å². The minimum Gasteiger partial charge on any atom is -0.388 e. The highest BCUT2D eigenvalue weighted by Crippen LogP contribution is 2.09. The Morgan fingerprint density at radius 2 is 1.33 bits per heavy atom. The number of unbranched alkanes of at least 4 members (excludes halogenated alkanes) is 2. The predicted octanol–water partition coefficient (Wildman–Crippen LogP) is 5.57. The van der Waals surface area contributed by atoms with Crippen LogP contribution in [-0.2, 0) is 4.79 Å². The second kappa shape index (κ2) is 17.3. The fourth-order valence-corrected chi connectivity index (χ4v) is 2.25. The van der Waals surface area contributed by atoms with E-state index in [0.717, 1.165) is 25.7 Å². The van der Waals surface area contributed by atoms with Gasteiger partial charge in [0.25, 0.3) is 0 Å². The molecule has 0 aliphatic rings. The number of carbonyl (C=O) groups excluding carboxylic acids is 1. The average Bonchev–Trinajstić information content (AvgIpc) is 2.63. The summed E-state index contributed by atoms with van der Waals surface area (Å²) >= 11 is 0. The monoisotopic (exact) mass is 371 g/mol. The van der Waals surface area contributed by atoms with Crippen molar-refractivity contribution in [1.29, 1.82) is 0 Å². The maximum Gasteiger partial charge on any atom is 0.244 e. The van der Waals surface area contributed by atoms with Gasteiger partial charge in [0.15, 0.2) is 0 Å². The van der Waals surface area contributed by atoms with Crippen molar-refractivity contribution in [2.24, 2.45) is 0 Å². The van der Waals surface area contributed by atoms with Gasteiger partial charge in [-0.2, -0.15) is 0 Å². The minimum absolute atomic E-state index is 0.192. The van der Waals surface area contributed by atoms with E-state index >= 15 is 0 Å². The molecule has 27 heavy (non-hydrogen) atoms. The van der Waals surface area contributed by atoms with Gasteiger partial charge in [0.1, 0.15) is 0 Å². The summed E-state index contributed by atoms with van der Waals surface area (Å²) in [6.07, 6.45) is 29.4. The highest BCUT2D eigenvalue weighted by Gasteiger charge is 2.18. The summed E-state index contributed by atoms with van der Waals surface area (Å²) in [7, 11) is 0. The second-order valence-corrected chi connectivity index (χ2v) is 6.74. The highest BCUT2D eigenvalue weighted by molar-refractivity contribution is 5.87. The topological polar surface area (TPSA) is 49.3 Å². The van der Waals surface area contributed by atoms with Crippen LogP contribution in [0, 0.1) is 0 Å². The van der Waals surface area contributed by atoms with Crippen LogP contribution in [0.1, 0.15) is 59.3 Å². The van der Waals surface area contributed by atoms with E-state index in [2.05, 4.69) is 48.7 Å². The Morgan fingerprint density at radius 3 is 1.85 bits per heavy atom. The molecule has 150 valence electrons. The minimum atomic E-state index is -0.840. The third kappa shape index (κ3) is 18.5. The second-order valence-electron chi connectivity index (χ2n) is 6.74. The molecule has 3 nitrogen and oxygen atoms in total. The van der Waals surface area contributed by atoms with Crippen LogP contribution in [0.15, 0.2) is 72.9 Å². The lowest BCUT2D eigenvalue weighted by molar-refractivity contribution is -0.117. The first-order valence-corrected chi connectivity index (χ1v) is 10.00. The Kier molecular flexibility index (Phi) is 15.9. The maximum absolute atomic E-state index is 11.6. The molecule has 0 heterocycles. The van der Waals surface area contributed by atoms with Crippen molar-refractivity contribution in [3.05, 3.63) is 72.9 Å². The molecular weight excluding hydrogens is 334 g/mol. The molecule has 1 atom stereocenters. The predicted molar refractivity (Wildman–Crippen MR) is 118 cm³/mol. The molecule has 0 aromatic rings. The van der Waals surface area contributed by atoms with Gasteiger partial charge in [0.05, 0.1) is 5.60 Å². The normalized spacial score (nSPS) is 15.3. The van der Waals surface area contributed by atoms with Crippen molar-refractivity contribution in [2.75, 3.05) is 6.54 Å². The number of nitrogens with one attached hydrogen (secondary N) is 1. The average molecular weight is 372 g/mol. The SMILES string of the molecule is CCCC=CC=CC=CCCC=CC=CC=CC(=O)NCC(C)(O)CCC. The Bertz CT molecular complexity index is 549. The van der Waals surface area contributed by atoms with Crippen LogP contribution in [0.5, 0.6) is 0 Å². The van der Waals surface area contributed by atoms with Crippen molar-refractivity contribution >= 4 is 5.91 Å². The lowest BCUT2D eigenvalue weighted by Crippen LogP contribution is -2.39. The lowest BCUT2D eigenvalue weighted by Gasteiger charge is -2.22. The van der Waals surface area contributed by atoms with Gasteiger partial charge in [0.2, 0.25) is 5.91 Å². The number of hydrogen-bond donors (Lipinski definition) is 2. The molecule has 0 aliphatic carbocycles. The van der Waals surface area contributed by atoms with Crippen LogP contribution in [-0.4, -0.2) is 23.2 Å². The highest BCUT2D eigenvalue weighted by atomic mass is 16.3. The summed E-state index contributed by atoms with van der Waals surface area (Å²) in [5.41, 5.74) is -0.840. The van der Waals surface area contributed by atoms with Crippen molar-refractivity contribution in [3.8, 4) is 0 Å². The van der Waals surface area contributed by atoms with Crippen LogP contribution < -0.4 is 5.32 Å². The summed E-state index contributed by atoms with van der Waals surface area (Å²) in [6.45, 7) is 6.19. The van der Waals surface area contributed by atoms with E-state index in [1.165, 1.54) is 12.5 Å². The van der Waals surface area contributed by atoms with Gasteiger partial charge in [-0.3, -0.25) is 4.79 Å². The Morgan fingerprint density at radius 1 is 0.815 bits per heavy atom. The molecule has 0 spiro atoms. The molecule has 1 amide bonds. The molecule has 0 aromatic carbocycles. The molecular formula is C24H37NO2. The van der Waals surface area contributed by atoms with E-state index < -0.39 is 5.60 Å². The summed E-state index contributed by atoms with van der Waals surface area (Å²) in [4.78, 5) is 11.6. The first-order chi connectivity index (χ1) is 13.0. The van der Waals surface area contributed by atoms with Crippen molar-refractivity contribution < 1.29 is 9.90 Å². The third-order valence-electron chi connectivity index (χ3n) is 3.71. The number of carbonyl (C=O) groups is 1. The van der Waals surface area contributed by atoms with Gasteiger partial charge in [-0.25, -0.2) is 0 Å². The van der Waals surface area contributed by atoms with Crippen molar-refractivity contribution in [3.63, 3.8) is 0 Å². The standard InChI is InChI=1S/C24H37NO2/c1-4-6-7-8-9-10-11-12-13-14-15-16-17-18-19-20-23(26)25-22-24(3,27)21-5-2/h7-12,15-20,27H,4-6,13-14,21-22H2,1-3H3,(H,25,26). The van der Waals surface area contributed by atoms with Gasteiger partial charge in [-0.05, 0) is 32.6 Å². The van der Waals surface area contributed by atoms with Crippen LogP contribution in [0.3, 0.4) is 0 Å². The largest absolute Gasteiger partial charge is 0.388 e. The number of amides is 1. The Labute approximate surface area is 166 Å². The smallest absolute Gasteiger partial charge is 0.244 e. The van der Waals surface area contributed by atoms with Gasteiger partial charge < -0.3 is 10.4 Å². The molecule has 0 saturated heterocycles. The number of allylic oxidation sites excluding steroid dienone is 11. The molecule has 0 fully saturated rings. The fourth-order valence-electron chi connectivity index (χ4n) is 2.25. The van der Waals surface area contributed by atoms with Crippen LogP contribution >= 0.6 is 0 Å². The zero-order valence-electron chi connectivity index (χ0n) is 17.2. The van der Waals surface area contributed by atoms with Crippen LogP contribution in [0.4, 0.5) is 0 Å². The summed E-state index contributed by atoms with van der Waals surface area (Å²) in [6, 6.07) is 0. The van der Waals surface area contributed by atoms with E-state index in [4.69, 9.17) is 0 Å².